The van der Waals surface area contributed by atoms with Crippen molar-refractivity contribution >= 4 is 31.6 Å². The summed E-state index contributed by atoms with van der Waals surface area (Å²) >= 11 is 3.22. The monoisotopic (exact) mass is 322 g/mol. The summed E-state index contributed by atoms with van der Waals surface area (Å²) in [6.07, 6.45) is 0. The van der Waals surface area contributed by atoms with E-state index in [1.54, 1.807) is 13.0 Å². The number of sulfonamides is 1. The number of aliphatic hydroxyl groups excluding tert-OH is 1. The first-order valence-electron chi connectivity index (χ1n) is 4.93. The Morgan fingerprint density at radius 1 is 1.47 bits per heavy atom. The molecule has 1 aromatic rings. The van der Waals surface area contributed by atoms with Crippen molar-refractivity contribution in [2.45, 2.75) is 11.8 Å². The minimum Gasteiger partial charge on any atom is -0.398 e. The highest BCUT2D eigenvalue weighted by molar-refractivity contribution is 9.10. The van der Waals surface area contributed by atoms with Crippen LogP contribution in [0.5, 0.6) is 0 Å². The van der Waals surface area contributed by atoms with Gasteiger partial charge in [0.05, 0.1) is 11.5 Å². The molecule has 7 heteroatoms. The van der Waals surface area contributed by atoms with Crippen LogP contribution in [-0.4, -0.2) is 38.0 Å². The maximum atomic E-state index is 12.2. The van der Waals surface area contributed by atoms with E-state index in [1.165, 1.54) is 13.1 Å². The first-order chi connectivity index (χ1) is 7.80. The average Bonchev–Trinajstić information content (AvgIpc) is 2.23. The van der Waals surface area contributed by atoms with E-state index in [2.05, 4.69) is 15.9 Å². The van der Waals surface area contributed by atoms with Gasteiger partial charge in [0.25, 0.3) is 0 Å². The fraction of sp³-hybridized carbons (Fsp3) is 0.400. The summed E-state index contributed by atoms with van der Waals surface area (Å²) in [5.41, 5.74) is 6.65. The fourth-order valence-electron chi connectivity index (χ4n) is 1.37. The number of likely N-dealkylation sites (N-methyl/N-ethyl adjacent to an activating group) is 1. The van der Waals surface area contributed by atoms with Crippen LogP contribution in [0.4, 0.5) is 5.69 Å². The molecule has 0 aliphatic carbocycles. The molecule has 5 nitrogen and oxygen atoms in total. The van der Waals surface area contributed by atoms with E-state index in [9.17, 15) is 8.42 Å². The van der Waals surface area contributed by atoms with E-state index in [4.69, 9.17) is 10.8 Å². The number of nitrogens with two attached hydrogens (primary N) is 1. The molecule has 0 saturated carbocycles. The molecule has 1 rings (SSSR count). The normalized spacial score (nSPS) is 12.1. The summed E-state index contributed by atoms with van der Waals surface area (Å²) in [5, 5.41) is 8.79. The second-order valence-electron chi connectivity index (χ2n) is 3.67. The predicted octanol–water partition coefficient (Wildman–Crippen LogP) is 0.953. The van der Waals surface area contributed by atoms with E-state index in [-0.39, 0.29) is 18.0 Å². The second-order valence-corrected chi connectivity index (χ2v) is 6.60. The van der Waals surface area contributed by atoms with Crippen LogP contribution >= 0.6 is 15.9 Å². The van der Waals surface area contributed by atoms with Gasteiger partial charge < -0.3 is 10.8 Å². The number of hydrogen-bond donors (Lipinski definition) is 2. The zero-order chi connectivity index (χ0) is 13.2. The van der Waals surface area contributed by atoms with Gasteiger partial charge in [-0.2, -0.15) is 4.31 Å². The van der Waals surface area contributed by atoms with Crippen LogP contribution in [-0.2, 0) is 10.0 Å². The number of anilines is 1. The Balaban J connectivity index is 3.33. The molecule has 0 fully saturated rings. The molecule has 0 saturated heterocycles. The Hall–Kier alpha value is -0.630. The molecule has 0 aliphatic heterocycles. The van der Waals surface area contributed by atoms with Crippen molar-refractivity contribution in [1.29, 1.82) is 0 Å². The first-order valence-corrected chi connectivity index (χ1v) is 7.17. The van der Waals surface area contributed by atoms with Crippen molar-refractivity contribution in [1.82, 2.24) is 4.31 Å². The first kappa shape index (κ1) is 14.4. The lowest BCUT2D eigenvalue weighted by atomic mass is 10.2. The fourth-order valence-corrected chi connectivity index (χ4v) is 3.44. The van der Waals surface area contributed by atoms with E-state index in [1.807, 2.05) is 0 Å². The van der Waals surface area contributed by atoms with Crippen molar-refractivity contribution < 1.29 is 13.5 Å². The number of hydrogen-bond acceptors (Lipinski definition) is 4. The Labute approximate surface area is 109 Å². The van der Waals surface area contributed by atoms with Gasteiger partial charge in [0, 0.05) is 23.8 Å². The van der Waals surface area contributed by atoms with Crippen molar-refractivity contribution in [3.05, 3.63) is 22.2 Å². The smallest absolute Gasteiger partial charge is 0.243 e. The molecule has 0 bridgehead atoms. The zero-order valence-corrected chi connectivity index (χ0v) is 12.0. The van der Waals surface area contributed by atoms with E-state index in [0.717, 1.165) is 4.31 Å². The third-order valence-corrected chi connectivity index (χ3v) is 4.91. The zero-order valence-electron chi connectivity index (χ0n) is 9.64. The molecule has 0 heterocycles. The number of benzene rings is 1. The standard InChI is InChI=1S/C10H15BrN2O3S/c1-7-9(12)5-8(11)6-10(7)17(15,16)13(2)3-4-14/h5-6,14H,3-4,12H2,1-2H3. The highest BCUT2D eigenvalue weighted by Crippen LogP contribution is 2.27. The summed E-state index contributed by atoms with van der Waals surface area (Å²) in [6.45, 7) is 1.48. The van der Waals surface area contributed by atoms with Crippen molar-refractivity contribution in [3.63, 3.8) is 0 Å². The van der Waals surface area contributed by atoms with Crippen molar-refractivity contribution in [2.75, 3.05) is 25.9 Å². The van der Waals surface area contributed by atoms with Crippen LogP contribution in [0.1, 0.15) is 5.56 Å². The Morgan fingerprint density at radius 3 is 2.59 bits per heavy atom. The number of halogens is 1. The summed E-state index contributed by atoms with van der Waals surface area (Å²) in [5.74, 6) is 0. The molecule has 3 N–H and O–H groups in total. The van der Waals surface area contributed by atoms with Crippen LogP contribution < -0.4 is 5.73 Å². The van der Waals surface area contributed by atoms with E-state index < -0.39 is 10.0 Å². The Bertz CT molecular complexity index is 517. The van der Waals surface area contributed by atoms with Gasteiger partial charge in [0.2, 0.25) is 10.0 Å². The molecule has 0 atom stereocenters. The lowest BCUT2D eigenvalue weighted by Crippen LogP contribution is -2.30. The van der Waals surface area contributed by atoms with Gasteiger partial charge in [-0.05, 0) is 24.6 Å². The van der Waals surface area contributed by atoms with Gasteiger partial charge in [0.15, 0.2) is 0 Å². The van der Waals surface area contributed by atoms with Gasteiger partial charge in [-0.15, -0.1) is 0 Å². The molecule has 0 spiro atoms. The molecule has 0 amide bonds. The number of nitrogens with zero attached hydrogens (tertiary/aromatic N) is 1. The van der Waals surface area contributed by atoms with Crippen molar-refractivity contribution in [2.24, 2.45) is 0 Å². The van der Waals surface area contributed by atoms with Crippen LogP contribution in [0.2, 0.25) is 0 Å². The second kappa shape index (κ2) is 5.34. The third-order valence-electron chi connectivity index (χ3n) is 2.47. The van der Waals surface area contributed by atoms with Crippen molar-refractivity contribution in [3.8, 4) is 0 Å². The number of aliphatic hydroxyl groups is 1. The molecule has 0 aromatic heterocycles. The Kier molecular flexibility index (Phi) is 4.54. The van der Waals surface area contributed by atoms with Crippen LogP contribution in [0.15, 0.2) is 21.5 Å². The highest BCUT2D eigenvalue weighted by Gasteiger charge is 2.23. The summed E-state index contributed by atoms with van der Waals surface area (Å²) < 4.78 is 26.1. The molecule has 0 unspecified atom stereocenters. The Morgan fingerprint density at radius 2 is 2.06 bits per heavy atom. The van der Waals surface area contributed by atoms with E-state index in [0.29, 0.717) is 15.7 Å². The quantitative estimate of drug-likeness (QED) is 0.808. The summed E-state index contributed by atoms with van der Waals surface area (Å²) in [7, 11) is -2.19. The number of rotatable bonds is 4. The van der Waals surface area contributed by atoms with Gasteiger partial charge in [-0.25, -0.2) is 8.42 Å². The molecular formula is C10H15BrN2O3S. The van der Waals surface area contributed by atoms with Crippen LogP contribution in [0.25, 0.3) is 0 Å². The van der Waals surface area contributed by atoms with Crippen LogP contribution in [0, 0.1) is 6.92 Å². The minimum absolute atomic E-state index is 0.0498. The maximum absolute atomic E-state index is 12.2. The average molecular weight is 323 g/mol. The SMILES string of the molecule is Cc1c(N)cc(Br)cc1S(=O)(=O)N(C)CCO. The molecule has 1 aromatic carbocycles. The number of nitrogen functional groups attached to an aromatic ring is 1. The lowest BCUT2D eigenvalue weighted by molar-refractivity contribution is 0.266. The third kappa shape index (κ3) is 2.98. The van der Waals surface area contributed by atoms with Gasteiger partial charge in [0.1, 0.15) is 0 Å². The maximum Gasteiger partial charge on any atom is 0.243 e. The largest absolute Gasteiger partial charge is 0.398 e. The van der Waals surface area contributed by atoms with Gasteiger partial charge >= 0.3 is 0 Å². The summed E-state index contributed by atoms with van der Waals surface area (Å²) in [6, 6.07) is 3.16. The highest BCUT2D eigenvalue weighted by atomic mass is 79.9. The van der Waals surface area contributed by atoms with E-state index >= 15 is 0 Å². The molecule has 0 aliphatic rings. The van der Waals surface area contributed by atoms with Crippen LogP contribution in [0.3, 0.4) is 0 Å². The molecular weight excluding hydrogens is 308 g/mol. The summed E-state index contributed by atoms with van der Waals surface area (Å²) in [4.78, 5) is 0.153. The molecule has 17 heavy (non-hydrogen) atoms. The van der Waals surface area contributed by atoms with Gasteiger partial charge in [-0.1, -0.05) is 15.9 Å². The molecule has 96 valence electrons. The predicted molar refractivity (Wildman–Crippen MR) is 70.2 cm³/mol. The lowest BCUT2D eigenvalue weighted by Gasteiger charge is -2.18. The minimum atomic E-state index is -3.61. The topological polar surface area (TPSA) is 83.6 Å². The molecule has 0 radical (unpaired) electrons. The van der Waals surface area contributed by atoms with Gasteiger partial charge in [-0.3, -0.25) is 0 Å².